The van der Waals surface area contributed by atoms with Crippen molar-refractivity contribution in [2.75, 3.05) is 33.4 Å². The van der Waals surface area contributed by atoms with Gasteiger partial charge in [-0.1, -0.05) is 12.5 Å². The smallest absolute Gasteiger partial charge is 0.213 e. The molecular weight excluding hydrogens is 467 g/mol. The quantitative estimate of drug-likeness (QED) is 0.349. The molecule has 6 nitrogen and oxygen atoms in total. The van der Waals surface area contributed by atoms with Gasteiger partial charge in [0.1, 0.15) is 6.10 Å². The molecule has 158 valence electrons. The molecule has 0 amide bonds. The Balaban J connectivity index is 0.00000280. The lowest BCUT2D eigenvalue weighted by atomic mass is 9.98. The molecule has 2 fully saturated rings. The molecule has 1 unspecified atom stereocenters. The first-order chi connectivity index (χ1) is 13.2. The van der Waals surface area contributed by atoms with E-state index in [-0.39, 0.29) is 24.0 Å². The van der Waals surface area contributed by atoms with Gasteiger partial charge in [0.15, 0.2) is 5.96 Å². The average molecular weight is 502 g/mol. The number of hydrogen-bond acceptors (Lipinski definition) is 4. The second-order valence-electron chi connectivity index (χ2n) is 7.66. The summed E-state index contributed by atoms with van der Waals surface area (Å²) in [6, 6.07) is 4.05. The van der Waals surface area contributed by atoms with Crippen LogP contribution in [-0.2, 0) is 11.3 Å². The zero-order chi connectivity index (χ0) is 18.9. The van der Waals surface area contributed by atoms with Crippen LogP contribution in [-0.4, -0.2) is 55.3 Å². The van der Waals surface area contributed by atoms with Crippen molar-refractivity contribution in [3.63, 3.8) is 0 Å². The van der Waals surface area contributed by atoms with Gasteiger partial charge < -0.3 is 19.7 Å². The molecule has 0 bridgehead atoms. The zero-order valence-corrected chi connectivity index (χ0v) is 19.6. The Morgan fingerprint density at radius 3 is 2.75 bits per heavy atom. The maximum atomic E-state index is 6.01. The summed E-state index contributed by atoms with van der Waals surface area (Å²) >= 11 is 0. The van der Waals surface area contributed by atoms with Gasteiger partial charge in [0, 0.05) is 44.9 Å². The fourth-order valence-electron chi connectivity index (χ4n) is 3.76. The molecule has 0 spiro atoms. The number of ether oxygens (including phenoxy) is 2. The monoisotopic (exact) mass is 502 g/mol. The van der Waals surface area contributed by atoms with Crippen LogP contribution in [0.3, 0.4) is 0 Å². The second kappa shape index (κ2) is 12.5. The average Bonchev–Trinajstić information content (AvgIpc) is 3.20. The van der Waals surface area contributed by atoms with E-state index in [0.29, 0.717) is 18.6 Å². The molecule has 1 aromatic heterocycles. The van der Waals surface area contributed by atoms with Gasteiger partial charge >= 0.3 is 0 Å². The van der Waals surface area contributed by atoms with Crippen LogP contribution < -0.4 is 10.1 Å². The van der Waals surface area contributed by atoms with Crippen molar-refractivity contribution in [3.8, 4) is 5.88 Å². The zero-order valence-electron chi connectivity index (χ0n) is 17.2. The number of nitrogens with zero attached hydrogens (tertiary/aromatic N) is 3. The molecule has 1 saturated carbocycles. The van der Waals surface area contributed by atoms with Crippen molar-refractivity contribution < 1.29 is 9.47 Å². The van der Waals surface area contributed by atoms with E-state index in [2.05, 4.69) is 35.2 Å². The van der Waals surface area contributed by atoms with Crippen LogP contribution >= 0.6 is 24.0 Å². The van der Waals surface area contributed by atoms with Crippen LogP contribution in [0.15, 0.2) is 23.3 Å². The number of rotatable bonds is 7. The van der Waals surface area contributed by atoms with Gasteiger partial charge in [-0.15, -0.1) is 24.0 Å². The predicted octanol–water partition coefficient (Wildman–Crippen LogP) is 3.84. The molecule has 1 aliphatic carbocycles. The first-order valence-electron chi connectivity index (χ1n) is 10.4. The highest BCUT2D eigenvalue weighted by Gasteiger charge is 2.19. The summed E-state index contributed by atoms with van der Waals surface area (Å²) in [6.07, 6.45) is 9.53. The molecule has 1 atom stereocenters. The van der Waals surface area contributed by atoms with Crippen LogP contribution in [0.25, 0.3) is 0 Å². The van der Waals surface area contributed by atoms with E-state index < -0.39 is 0 Å². The van der Waals surface area contributed by atoms with Crippen LogP contribution in [0, 0.1) is 5.92 Å². The minimum absolute atomic E-state index is 0. The summed E-state index contributed by atoms with van der Waals surface area (Å²) in [5, 5.41) is 3.38. The van der Waals surface area contributed by atoms with E-state index in [1.165, 1.54) is 19.3 Å². The normalized spacial score (nSPS) is 20.5. The maximum Gasteiger partial charge on any atom is 0.213 e. The number of pyridine rings is 1. The number of hydrogen-bond donors (Lipinski definition) is 1. The van der Waals surface area contributed by atoms with Crippen molar-refractivity contribution in [2.45, 2.75) is 58.1 Å². The summed E-state index contributed by atoms with van der Waals surface area (Å²) in [5.74, 6) is 2.27. The van der Waals surface area contributed by atoms with E-state index in [9.17, 15) is 0 Å². The number of halogens is 1. The molecular formula is C21H35IN4O2. The standard InChI is InChI=1S/C21H34N4O2.HI/c1-3-22-21(25(2)15-18-11-12-26-16-18)24-14-17-9-10-20(23-13-17)27-19-7-5-4-6-8-19;/h9-10,13,18-19H,3-8,11-12,14-16H2,1-2H3,(H,22,24);1H. The summed E-state index contributed by atoms with van der Waals surface area (Å²) in [7, 11) is 2.10. The molecule has 2 aliphatic rings. The Morgan fingerprint density at radius 1 is 1.29 bits per heavy atom. The van der Waals surface area contributed by atoms with Gasteiger partial charge in [-0.25, -0.2) is 9.98 Å². The van der Waals surface area contributed by atoms with Crippen LogP contribution in [0.1, 0.15) is 51.0 Å². The van der Waals surface area contributed by atoms with Crippen molar-refractivity contribution >= 4 is 29.9 Å². The van der Waals surface area contributed by atoms with E-state index in [4.69, 9.17) is 14.5 Å². The highest BCUT2D eigenvalue weighted by Crippen LogP contribution is 2.22. The van der Waals surface area contributed by atoms with Crippen LogP contribution in [0.2, 0.25) is 0 Å². The van der Waals surface area contributed by atoms with Crippen LogP contribution in [0.4, 0.5) is 0 Å². The van der Waals surface area contributed by atoms with Gasteiger partial charge in [-0.05, 0) is 44.6 Å². The Kier molecular flexibility index (Phi) is 10.3. The van der Waals surface area contributed by atoms with Gasteiger partial charge in [-0.3, -0.25) is 0 Å². The lowest BCUT2D eigenvalue weighted by molar-refractivity contribution is 0.148. The lowest BCUT2D eigenvalue weighted by Gasteiger charge is -2.24. The lowest BCUT2D eigenvalue weighted by Crippen LogP contribution is -2.41. The third-order valence-electron chi connectivity index (χ3n) is 5.30. The molecule has 1 saturated heterocycles. The van der Waals surface area contributed by atoms with E-state index in [0.717, 1.165) is 63.0 Å². The molecule has 2 heterocycles. The number of guanidine groups is 1. The van der Waals surface area contributed by atoms with Crippen molar-refractivity contribution in [2.24, 2.45) is 10.9 Å². The summed E-state index contributed by atoms with van der Waals surface area (Å²) in [5.41, 5.74) is 1.10. The first-order valence-corrected chi connectivity index (χ1v) is 10.4. The highest BCUT2D eigenvalue weighted by atomic mass is 127. The first kappa shape index (κ1) is 23.2. The molecule has 1 N–H and O–H groups in total. The third-order valence-corrected chi connectivity index (χ3v) is 5.30. The SMILES string of the molecule is CCNC(=NCc1ccc(OC2CCCCC2)nc1)N(C)CC1CCOC1.I. The van der Waals surface area contributed by atoms with Crippen LogP contribution in [0.5, 0.6) is 5.88 Å². The molecule has 28 heavy (non-hydrogen) atoms. The number of aliphatic imine (C=N–C) groups is 1. The summed E-state index contributed by atoms with van der Waals surface area (Å²) in [4.78, 5) is 11.5. The topological polar surface area (TPSA) is 59.0 Å². The Bertz CT molecular complexity index is 585. The molecule has 1 aliphatic heterocycles. The van der Waals surface area contributed by atoms with E-state index in [1.807, 2.05) is 12.3 Å². The third kappa shape index (κ3) is 7.39. The Morgan fingerprint density at radius 2 is 2.11 bits per heavy atom. The molecule has 0 aromatic carbocycles. The molecule has 3 rings (SSSR count). The molecule has 7 heteroatoms. The maximum absolute atomic E-state index is 6.01. The van der Waals surface area contributed by atoms with Crippen molar-refractivity contribution in [3.05, 3.63) is 23.9 Å². The van der Waals surface area contributed by atoms with E-state index >= 15 is 0 Å². The second-order valence-corrected chi connectivity index (χ2v) is 7.66. The number of nitrogens with one attached hydrogen (secondary N) is 1. The van der Waals surface area contributed by atoms with Gasteiger partial charge in [0.25, 0.3) is 0 Å². The highest BCUT2D eigenvalue weighted by molar-refractivity contribution is 14.0. The van der Waals surface area contributed by atoms with Crippen molar-refractivity contribution in [1.82, 2.24) is 15.2 Å². The fraction of sp³-hybridized carbons (Fsp3) is 0.714. The fourth-order valence-corrected chi connectivity index (χ4v) is 3.76. The minimum atomic E-state index is 0. The predicted molar refractivity (Wildman–Crippen MR) is 124 cm³/mol. The Labute approximate surface area is 186 Å². The molecule has 1 aromatic rings. The largest absolute Gasteiger partial charge is 0.474 e. The Hall–Kier alpha value is -1.09. The summed E-state index contributed by atoms with van der Waals surface area (Å²) < 4.78 is 11.5. The van der Waals surface area contributed by atoms with Gasteiger partial charge in [0.2, 0.25) is 5.88 Å². The van der Waals surface area contributed by atoms with Gasteiger partial charge in [0.05, 0.1) is 13.2 Å². The van der Waals surface area contributed by atoms with Crippen molar-refractivity contribution in [1.29, 1.82) is 0 Å². The summed E-state index contributed by atoms with van der Waals surface area (Å²) in [6.45, 7) is 6.28. The number of aromatic nitrogens is 1. The minimum Gasteiger partial charge on any atom is -0.474 e. The van der Waals surface area contributed by atoms with E-state index in [1.54, 1.807) is 0 Å². The molecule has 0 radical (unpaired) electrons. The van der Waals surface area contributed by atoms with Gasteiger partial charge in [-0.2, -0.15) is 0 Å².